The Kier molecular flexibility index (Phi) is 8.43. The molecule has 0 spiro atoms. The number of carbonyl (C=O) groups excluding carboxylic acids is 2. The molecule has 0 saturated carbocycles. The minimum Gasteiger partial charge on any atom is -0.452 e. The van der Waals surface area contributed by atoms with Crippen molar-refractivity contribution in [2.75, 3.05) is 6.61 Å². The van der Waals surface area contributed by atoms with Gasteiger partial charge in [0.25, 0.3) is 5.91 Å². The van der Waals surface area contributed by atoms with Gasteiger partial charge in [-0.25, -0.2) is 4.79 Å². The van der Waals surface area contributed by atoms with Crippen LogP contribution >= 0.6 is 23.2 Å². The number of ether oxygens (including phenoxy) is 1. The molecular weight excluding hydrogens is 513 g/mol. The Balaban J connectivity index is 1.68. The summed E-state index contributed by atoms with van der Waals surface area (Å²) in [5.41, 5.74) is 1.75. The van der Waals surface area contributed by atoms with Gasteiger partial charge in [-0.3, -0.25) is 4.79 Å². The van der Waals surface area contributed by atoms with Gasteiger partial charge in [0.1, 0.15) is 10.5 Å². The number of hydrogen-bond donors (Lipinski definition) is 1. The lowest BCUT2D eigenvalue weighted by Crippen LogP contribution is -2.31. The second kappa shape index (κ2) is 11.1. The molecule has 1 atom stereocenters. The van der Waals surface area contributed by atoms with Crippen LogP contribution in [0.15, 0.2) is 65.6 Å². The number of esters is 1. The van der Waals surface area contributed by atoms with Crippen LogP contribution in [0.4, 0.5) is 0 Å². The van der Waals surface area contributed by atoms with E-state index in [1.165, 1.54) is 30.3 Å². The Bertz CT molecular complexity index is 1370. The Morgan fingerprint density at radius 1 is 1.00 bits per heavy atom. The molecule has 1 amide bonds. The first-order chi connectivity index (χ1) is 16.5. The molecule has 0 radical (unpaired) electrons. The third-order valence-electron chi connectivity index (χ3n) is 5.06. The Labute approximate surface area is 214 Å². The summed E-state index contributed by atoms with van der Waals surface area (Å²) in [6.07, 6.45) is 0. The molecule has 0 aliphatic carbocycles. The van der Waals surface area contributed by atoms with Gasteiger partial charge in [-0.1, -0.05) is 53.5 Å². The van der Waals surface area contributed by atoms with Crippen molar-refractivity contribution in [1.29, 1.82) is 0 Å². The molecule has 7 nitrogen and oxygen atoms in total. The predicted octanol–water partition coefficient (Wildman–Crippen LogP) is 5.41. The second-order valence-electron chi connectivity index (χ2n) is 7.83. The minimum absolute atomic E-state index is 0.00473. The van der Waals surface area contributed by atoms with Gasteiger partial charge in [0.15, 0.2) is 12.4 Å². The van der Waals surface area contributed by atoms with Crippen molar-refractivity contribution in [2.24, 2.45) is 0 Å². The highest BCUT2D eigenvalue weighted by molar-refractivity contribution is 7.87. The van der Waals surface area contributed by atoms with Crippen molar-refractivity contribution >= 4 is 45.2 Å². The highest BCUT2D eigenvalue weighted by Gasteiger charge is 2.24. The number of benzene rings is 3. The molecule has 0 heterocycles. The van der Waals surface area contributed by atoms with Gasteiger partial charge in [0, 0.05) is 10.0 Å². The van der Waals surface area contributed by atoms with Gasteiger partial charge in [0.05, 0.1) is 6.04 Å². The summed E-state index contributed by atoms with van der Waals surface area (Å²) in [5.74, 6) is -1.69. The average molecular weight is 536 g/mol. The molecule has 184 valence electrons. The standard InChI is InChI=1S/C25H23Cl2NO6S/c1-15-8-9-16(2)23(12-15)35(31,32)34-22-7-5-4-6-20(22)25(30)33-14-24(29)28-17(3)19-11-10-18(26)13-21(19)27/h4-13,17H,14H2,1-3H3,(H,28,29)/t17-/m0/s1. The SMILES string of the molecule is Cc1ccc(C)c(S(=O)(=O)Oc2ccccc2C(=O)OCC(=O)N[C@@H](C)c2ccc(Cl)cc2Cl)c1. The molecule has 3 aromatic carbocycles. The Hall–Kier alpha value is -3.07. The summed E-state index contributed by atoms with van der Waals surface area (Å²) in [4.78, 5) is 25.0. The normalized spacial score (nSPS) is 12.0. The lowest BCUT2D eigenvalue weighted by molar-refractivity contribution is -0.124. The first-order valence-electron chi connectivity index (χ1n) is 10.5. The number of halogens is 2. The lowest BCUT2D eigenvalue weighted by Gasteiger charge is -2.16. The number of aryl methyl sites for hydroxylation is 2. The number of rotatable bonds is 8. The van der Waals surface area contributed by atoms with Crippen molar-refractivity contribution in [3.63, 3.8) is 0 Å². The first-order valence-corrected chi connectivity index (χ1v) is 12.7. The molecule has 0 saturated heterocycles. The van der Waals surface area contributed by atoms with Crippen molar-refractivity contribution in [2.45, 2.75) is 31.7 Å². The van der Waals surface area contributed by atoms with E-state index in [0.29, 0.717) is 21.2 Å². The zero-order valence-corrected chi connectivity index (χ0v) is 21.5. The Morgan fingerprint density at radius 2 is 1.71 bits per heavy atom. The molecule has 0 fully saturated rings. The minimum atomic E-state index is -4.22. The fourth-order valence-corrected chi connectivity index (χ4v) is 5.11. The number of nitrogens with one attached hydrogen (secondary N) is 1. The van der Waals surface area contributed by atoms with Crippen LogP contribution in [0.1, 0.15) is 40.0 Å². The third kappa shape index (κ3) is 6.75. The molecule has 1 N–H and O–H groups in total. The summed E-state index contributed by atoms with van der Waals surface area (Å²) in [6, 6.07) is 15.1. The number of amides is 1. The van der Waals surface area contributed by atoms with Crippen LogP contribution < -0.4 is 9.50 Å². The molecule has 0 aliphatic rings. The summed E-state index contributed by atoms with van der Waals surface area (Å²) < 4.78 is 36.1. The average Bonchev–Trinajstić information content (AvgIpc) is 2.79. The van der Waals surface area contributed by atoms with Crippen LogP contribution in [0.2, 0.25) is 10.0 Å². The van der Waals surface area contributed by atoms with Gasteiger partial charge in [0.2, 0.25) is 0 Å². The largest absolute Gasteiger partial charge is 0.452 e. The predicted molar refractivity (Wildman–Crippen MR) is 133 cm³/mol. The van der Waals surface area contributed by atoms with E-state index in [1.54, 1.807) is 51.1 Å². The lowest BCUT2D eigenvalue weighted by atomic mass is 10.1. The van der Waals surface area contributed by atoms with Gasteiger partial charge in [-0.2, -0.15) is 8.42 Å². The van der Waals surface area contributed by atoms with Gasteiger partial charge < -0.3 is 14.2 Å². The van der Waals surface area contributed by atoms with E-state index < -0.39 is 34.6 Å². The zero-order chi connectivity index (χ0) is 25.8. The number of para-hydroxylation sites is 1. The molecule has 3 aromatic rings. The van der Waals surface area contributed by atoms with Crippen LogP contribution in [0.25, 0.3) is 0 Å². The van der Waals surface area contributed by atoms with Crippen LogP contribution in [-0.2, 0) is 19.6 Å². The summed E-state index contributed by atoms with van der Waals surface area (Å²) in [5, 5.41) is 3.53. The molecular formula is C25H23Cl2NO6S. The van der Waals surface area contributed by atoms with E-state index in [0.717, 1.165) is 5.56 Å². The summed E-state index contributed by atoms with van der Waals surface area (Å²) >= 11 is 12.1. The van der Waals surface area contributed by atoms with E-state index in [9.17, 15) is 18.0 Å². The monoisotopic (exact) mass is 535 g/mol. The molecule has 0 aliphatic heterocycles. The fourth-order valence-electron chi connectivity index (χ4n) is 3.27. The van der Waals surface area contributed by atoms with E-state index in [1.807, 2.05) is 0 Å². The molecule has 10 heteroatoms. The van der Waals surface area contributed by atoms with E-state index in [4.69, 9.17) is 32.1 Å². The molecule has 35 heavy (non-hydrogen) atoms. The number of hydrogen-bond acceptors (Lipinski definition) is 6. The van der Waals surface area contributed by atoms with Crippen LogP contribution in [0, 0.1) is 13.8 Å². The quantitative estimate of drug-likeness (QED) is 0.305. The summed E-state index contributed by atoms with van der Waals surface area (Å²) in [7, 11) is -4.22. The Morgan fingerprint density at radius 3 is 2.43 bits per heavy atom. The molecule has 0 unspecified atom stereocenters. The summed E-state index contributed by atoms with van der Waals surface area (Å²) in [6.45, 7) is 4.53. The third-order valence-corrected chi connectivity index (χ3v) is 7.00. The first kappa shape index (κ1) is 26.5. The van der Waals surface area contributed by atoms with Crippen molar-refractivity contribution in [3.8, 4) is 5.75 Å². The highest BCUT2D eigenvalue weighted by Crippen LogP contribution is 2.27. The maximum atomic E-state index is 12.9. The smallest absolute Gasteiger partial charge is 0.342 e. The van der Waals surface area contributed by atoms with Gasteiger partial charge in [-0.15, -0.1) is 0 Å². The van der Waals surface area contributed by atoms with Crippen LogP contribution in [0.5, 0.6) is 5.75 Å². The second-order valence-corrected chi connectivity index (χ2v) is 10.2. The van der Waals surface area contributed by atoms with Crippen molar-refractivity contribution in [1.82, 2.24) is 5.32 Å². The van der Waals surface area contributed by atoms with Crippen molar-refractivity contribution < 1.29 is 26.9 Å². The highest BCUT2D eigenvalue weighted by atomic mass is 35.5. The van der Waals surface area contributed by atoms with E-state index in [-0.39, 0.29) is 16.2 Å². The maximum absolute atomic E-state index is 12.9. The van der Waals surface area contributed by atoms with Gasteiger partial charge in [-0.05, 0) is 67.8 Å². The molecule has 0 aromatic heterocycles. The van der Waals surface area contributed by atoms with Gasteiger partial charge >= 0.3 is 16.1 Å². The van der Waals surface area contributed by atoms with Crippen LogP contribution in [-0.4, -0.2) is 26.9 Å². The van der Waals surface area contributed by atoms with Crippen molar-refractivity contribution in [3.05, 3.63) is 93.0 Å². The zero-order valence-electron chi connectivity index (χ0n) is 19.2. The fraction of sp³-hybridized carbons (Fsp3) is 0.200. The molecule has 0 bridgehead atoms. The topological polar surface area (TPSA) is 98.8 Å². The van der Waals surface area contributed by atoms with Crippen LogP contribution in [0.3, 0.4) is 0 Å². The van der Waals surface area contributed by atoms with E-state index >= 15 is 0 Å². The maximum Gasteiger partial charge on any atom is 0.342 e. The molecule has 3 rings (SSSR count). The van der Waals surface area contributed by atoms with E-state index in [2.05, 4.69) is 5.32 Å². The number of carbonyl (C=O) groups is 2.